The molecule has 2 aromatic heterocycles. The Morgan fingerprint density at radius 1 is 1.05 bits per heavy atom. The molecule has 3 rings (SSSR count). The lowest BCUT2D eigenvalue weighted by atomic mass is 10.3. The highest BCUT2D eigenvalue weighted by Gasteiger charge is 2.11. The first-order valence-electron chi connectivity index (χ1n) is 5.43. The van der Waals surface area contributed by atoms with Gasteiger partial charge in [-0.15, -0.1) is 0 Å². The summed E-state index contributed by atoms with van der Waals surface area (Å²) in [5.74, 6) is 0.585. The van der Waals surface area contributed by atoms with Gasteiger partial charge in [0.2, 0.25) is 5.95 Å². The van der Waals surface area contributed by atoms with E-state index in [1.165, 1.54) is 0 Å². The lowest BCUT2D eigenvalue weighted by Gasteiger charge is -2.10. The van der Waals surface area contributed by atoms with Crippen molar-refractivity contribution in [1.82, 2.24) is 20.2 Å². The third kappa shape index (κ3) is 2.33. The third-order valence-electron chi connectivity index (χ3n) is 2.59. The molecule has 0 saturated heterocycles. The molecule has 20 heavy (non-hydrogen) atoms. The minimum atomic E-state index is 0.112. The molecule has 0 aliphatic carbocycles. The molecule has 0 fully saturated rings. The van der Waals surface area contributed by atoms with Gasteiger partial charge < -0.3 is 11.1 Å². The van der Waals surface area contributed by atoms with Crippen LogP contribution < -0.4 is 11.1 Å². The number of aromatic nitrogens is 4. The average Bonchev–Trinajstić information content (AvgIpc) is 2.84. The van der Waals surface area contributed by atoms with Crippen LogP contribution in [0.1, 0.15) is 0 Å². The molecule has 2 heterocycles. The fourth-order valence-corrected chi connectivity index (χ4v) is 2.29. The normalized spacial score (nSPS) is 10.9. The summed E-state index contributed by atoms with van der Waals surface area (Å²) in [5.41, 5.74) is 6.72. The van der Waals surface area contributed by atoms with Gasteiger partial charge >= 0.3 is 0 Å². The molecule has 4 N–H and O–H groups in total. The lowest BCUT2D eigenvalue weighted by molar-refractivity contribution is 1.09. The van der Waals surface area contributed by atoms with Crippen LogP contribution in [0, 0.1) is 0 Å². The van der Waals surface area contributed by atoms with Crippen LogP contribution in [0.5, 0.6) is 0 Å². The zero-order valence-corrected chi connectivity index (χ0v) is 12.1. The van der Waals surface area contributed by atoms with Crippen LogP contribution in [-0.4, -0.2) is 20.2 Å². The molecule has 0 radical (unpaired) electrons. The molecule has 0 spiro atoms. The van der Waals surface area contributed by atoms with Gasteiger partial charge in [-0.1, -0.05) is 34.8 Å². The van der Waals surface area contributed by atoms with Gasteiger partial charge in [-0.3, -0.25) is 5.10 Å². The maximum atomic E-state index is 6.11. The summed E-state index contributed by atoms with van der Waals surface area (Å²) in [6.07, 6.45) is 1.59. The molecule has 9 heteroatoms. The molecule has 0 aliphatic heterocycles. The van der Waals surface area contributed by atoms with Crippen molar-refractivity contribution in [2.45, 2.75) is 0 Å². The number of nitrogens with one attached hydrogen (secondary N) is 2. The smallest absolute Gasteiger partial charge is 0.224 e. The van der Waals surface area contributed by atoms with Crippen molar-refractivity contribution in [3.05, 3.63) is 33.4 Å². The molecule has 0 saturated carbocycles. The molecule has 3 aromatic rings. The van der Waals surface area contributed by atoms with Gasteiger partial charge in [0, 0.05) is 0 Å². The van der Waals surface area contributed by atoms with E-state index in [0.717, 1.165) is 0 Å². The monoisotopic (exact) mass is 328 g/mol. The van der Waals surface area contributed by atoms with Crippen molar-refractivity contribution in [1.29, 1.82) is 0 Å². The number of anilines is 3. The molecule has 0 aliphatic rings. The lowest BCUT2D eigenvalue weighted by Crippen LogP contribution is -2.01. The Hall–Kier alpha value is -1.76. The van der Waals surface area contributed by atoms with E-state index in [1.54, 1.807) is 18.3 Å². The first-order valence-corrected chi connectivity index (χ1v) is 6.56. The van der Waals surface area contributed by atoms with E-state index in [0.29, 0.717) is 37.6 Å². The van der Waals surface area contributed by atoms with E-state index in [9.17, 15) is 0 Å². The van der Waals surface area contributed by atoms with E-state index in [-0.39, 0.29) is 5.95 Å². The number of nitrogens with zero attached hydrogens (tertiary/aromatic N) is 3. The highest BCUT2D eigenvalue weighted by molar-refractivity contribution is 6.44. The fourth-order valence-electron chi connectivity index (χ4n) is 1.69. The first kappa shape index (κ1) is 13.2. The van der Waals surface area contributed by atoms with E-state index < -0.39 is 0 Å². The second-order valence-electron chi connectivity index (χ2n) is 3.93. The zero-order chi connectivity index (χ0) is 14.3. The van der Waals surface area contributed by atoms with Crippen LogP contribution in [0.2, 0.25) is 15.1 Å². The standard InChI is InChI=1S/C11H7Cl3N6/c12-5-1-7(14)8(2-6(5)13)17-9-4-3-16-20-10(4)19-11(15)18-9/h1-3H,(H4,15,16,17,18,19,20). The Bertz CT molecular complexity index is 800. The van der Waals surface area contributed by atoms with Crippen LogP contribution in [0.3, 0.4) is 0 Å². The molecule has 0 unspecified atom stereocenters. The van der Waals surface area contributed by atoms with Gasteiger partial charge in [0.15, 0.2) is 5.65 Å². The van der Waals surface area contributed by atoms with Crippen LogP contribution in [0.15, 0.2) is 18.3 Å². The Morgan fingerprint density at radius 2 is 1.80 bits per heavy atom. The zero-order valence-electron chi connectivity index (χ0n) is 9.78. The number of rotatable bonds is 2. The topological polar surface area (TPSA) is 92.5 Å². The number of hydrogen-bond donors (Lipinski definition) is 3. The quantitative estimate of drug-likeness (QED) is 0.624. The SMILES string of the molecule is Nc1nc(Nc2cc(Cl)c(Cl)cc2Cl)c2cn[nH]c2n1. The summed E-state index contributed by atoms with van der Waals surface area (Å²) in [6, 6.07) is 3.15. The molecule has 6 nitrogen and oxygen atoms in total. The van der Waals surface area contributed by atoms with E-state index in [2.05, 4.69) is 25.5 Å². The van der Waals surface area contributed by atoms with Crippen molar-refractivity contribution in [2.75, 3.05) is 11.1 Å². The fraction of sp³-hybridized carbons (Fsp3) is 0. The van der Waals surface area contributed by atoms with Crippen molar-refractivity contribution in [3.63, 3.8) is 0 Å². The number of nitrogens with two attached hydrogens (primary N) is 1. The van der Waals surface area contributed by atoms with Gasteiger partial charge in [-0.25, -0.2) is 0 Å². The molecule has 102 valence electrons. The van der Waals surface area contributed by atoms with Crippen molar-refractivity contribution in [2.24, 2.45) is 0 Å². The average molecular weight is 330 g/mol. The Kier molecular flexibility index (Phi) is 3.29. The predicted octanol–water partition coefficient (Wildman–Crippen LogP) is 3.64. The van der Waals surface area contributed by atoms with Crippen molar-refractivity contribution < 1.29 is 0 Å². The summed E-state index contributed by atoms with van der Waals surface area (Å²) in [7, 11) is 0. The second kappa shape index (κ2) is 4.97. The van der Waals surface area contributed by atoms with Crippen LogP contribution >= 0.6 is 34.8 Å². The van der Waals surface area contributed by atoms with Gasteiger partial charge in [-0.05, 0) is 12.1 Å². The minimum absolute atomic E-state index is 0.112. The number of fused-ring (bicyclic) bond motifs is 1. The molecule has 1 aromatic carbocycles. The van der Waals surface area contributed by atoms with Crippen molar-refractivity contribution >= 4 is 63.3 Å². The largest absolute Gasteiger partial charge is 0.368 e. The summed E-state index contributed by atoms with van der Waals surface area (Å²) in [6.45, 7) is 0. The Labute approximate surface area is 128 Å². The summed E-state index contributed by atoms with van der Waals surface area (Å²) in [5, 5.41) is 11.5. The third-order valence-corrected chi connectivity index (χ3v) is 3.62. The number of nitrogen functional groups attached to an aromatic ring is 1. The van der Waals surface area contributed by atoms with E-state index >= 15 is 0 Å². The first-order chi connectivity index (χ1) is 9.54. The summed E-state index contributed by atoms with van der Waals surface area (Å²) < 4.78 is 0. The maximum absolute atomic E-state index is 6.11. The van der Waals surface area contributed by atoms with Crippen LogP contribution in [0.4, 0.5) is 17.5 Å². The van der Waals surface area contributed by atoms with Crippen LogP contribution in [-0.2, 0) is 0 Å². The predicted molar refractivity (Wildman–Crippen MR) is 80.9 cm³/mol. The van der Waals surface area contributed by atoms with Crippen molar-refractivity contribution in [3.8, 4) is 0 Å². The number of benzene rings is 1. The molecule has 0 amide bonds. The number of H-pyrrole nitrogens is 1. The number of halogens is 3. The van der Waals surface area contributed by atoms with E-state index in [1.807, 2.05) is 0 Å². The highest BCUT2D eigenvalue weighted by atomic mass is 35.5. The maximum Gasteiger partial charge on any atom is 0.224 e. The highest BCUT2D eigenvalue weighted by Crippen LogP contribution is 2.34. The Morgan fingerprint density at radius 3 is 2.60 bits per heavy atom. The van der Waals surface area contributed by atoms with Crippen LogP contribution in [0.25, 0.3) is 11.0 Å². The molecule has 0 atom stereocenters. The van der Waals surface area contributed by atoms with Gasteiger partial charge in [0.05, 0.1) is 32.3 Å². The molecular formula is C11H7Cl3N6. The number of hydrogen-bond acceptors (Lipinski definition) is 5. The molecular weight excluding hydrogens is 323 g/mol. The Balaban J connectivity index is 2.09. The van der Waals surface area contributed by atoms with Gasteiger partial charge in [0.25, 0.3) is 0 Å². The second-order valence-corrected chi connectivity index (χ2v) is 5.16. The summed E-state index contributed by atoms with van der Waals surface area (Å²) >= 11 is 18.0. The van der Waals surface area contributed by atoms with E-state index in [4.69, 9.17) is 40.5 Å². The van der Waals surface area contributed by atoms with Gasteiger partial charge in [-0.2, -0.15) is 15.1 Å². The molecule has 0 bridgehead atoms. The number of aromatic amines is 1. The minimum Gasteiger partial charge on any atom is -0.368 e. The summed E-state index contributed by atoms with van der Waals surface area (Å²) in [4.78, 5) is 8.14. The van der Waals surface area contributed by atoms with Gasteiger partial charge in [0.1, 0.15) is 5.82 Å².